The number of carbonyl (C=O) groups excluding carboxylic acids is 1. The molecule has 1 aliphatic rings. The molecular formula is C13H17NO3. The van der Waals surface area contributed by atoms with Crippen LogP contribution in [0, 0.1) is 12.8 Å². The van der Waals surface area contributed by atoms with Crippen LogP contribution in [-0.2, 0) is 9.53 Å². The number of hydrogen-bond acceptors (Lipinski definition) is 3. The molecule has 1 amide bonds. The van der Waals surface area contributed by atoms with Crippen LogP contribution in [0.2, 0.25) is 0 Å². The molecule has 1 heterocycles. The zero-order valence-electron chi connectivity index (χ0n) is 10.1. The van der Waals surface area contributed by atoms with Gasteiger partial charge in [-0.05, 0) is 31.4 Å². The van der Waals surface area contributed by atoms with Crippen molar-refractivity contribution in [1.29, 1.82) is 0 Å². The predicted molar refractivity (Wildman–Crippen MR) is 65.0 cm³/mol. The first kappa shape index (κ1) is 11.9. The Morgan fingerprint density at radius 2 is 2.29 bits per heavy atom. The fraction of sp³-hybridized carbons (Fsp3) is 0.462. The summed E-state index contributed by atoms with van der Waals surface area (Å²) in [5, 5.41) is 12.3. The van der Waals surface area contributed by atoms with Gasteiger partial charge in [0.1, 0.15) is 11.9 Å². The quantitative estimate of drug-likeness (QED) is 0.825. The number of hydrogen-bond donors (Lipinski definition) is 2. The summed E-state index contributed by atoms with van der Waals surface area (Å²) >= 11 is 0. The lowest BCUT2D eigenvalue weighted by molar-refractivity contribution is -0.126. The lowest BCUT2D eigenvalue weighted by atomic mass is 10.0. The van der Waals surface area contributed by atoms with Crippen LogP contribution in [-0.4, -0.2) is 23.7 Å². The molecule has 1 aromatic carbocycles. The number of rotatable bonds is 2. The molecule has 0 spiro atoms. The zero-order chi connectivity index (χ0) is 12.4. The van der Waals surface area contributed by atoms with Gasteiger partial charge in [-0.1, -0.05) is 13.0 Å². The van der Waals surface area contributed by atoms with Gasteiger partial charge in [-0.2, -0.15) is 0 Å². The standard InChI is InChI=1S/C13H17NO3/c1-8-6-7-17-12(8)13(16)14-10-4-3-5-11(15)9(10)2/h3-5,8,12,15H,6-7H2,1-2H3,(H,14,16). The van der Waals surface area contributed by atoms with Crippen LogP contribution < -0.4 is 5.32 Å². The summed E-state index contributed by atoms with van der Waals surface area (Å²) < 4.78 is 5.39. The molecule has 0 bridgehead atoms. The Morgan fingerprint density at radius 1 is 1.53 bits per heavy atom. The third-order valence-corrected chi connectivity index (χ3v) is 3.21. The molecule has 4 nitrogen and oxygen atoms in total. The minimum atomic E-state index is -0.378. The molecule has 0 aromatic heterocycles. The lowest BCUT2D eigenvalue weighted by Crippen LogP contribution is -2.31. The Morgan fingerprint density at radius 3 is 2.94 bits per heavy atom. The number of benzene rings is 1. The van der Waals surface area contributed by atoms with Gasteiger partial charge in [0.25, 0.3) is 5.91 Å². The van der Waals surface area contributed by atoms with Crippen molar-refractivity contribution in [2.24, 2.45) is 5.92 Å². The minimum Gasteiger partial charge on any atom is -0.508 e. The fourth-order valence-corrected chi connectivity index (χ4v) is 1.99. The van der Waals surface area contributed by atoms with Gasteiger partial charge >= 0.3 is 0 Å². The van der Waals surface area contributed by atoms with Crippen molar-refractivity contribution in [3.63, 3.8) is 0 Å². The second kappa shape index (κ2) is 4.75. The summed E-state index contributed by atoms with van der Waals surface area (Å²) in [5.74, 6) is 0.291. The van der Waals surface area contributed by atoms with E-state index >= 15 is 0 Å². The lowest BCUT2D eigenvalue weighted by Gasteiger charge is -2.16. The van der Waals surface area contributed by atoms with Gasteiger partial charge in [-0.25, -0.2) is 0 Å². The molecular weight excluding hydrogens is 218 g/mol. The number of phenolic OH excluding ortho intramolecular Hbond substituents is 1. The summed E-state index contributed by atoms with van der Waals surface area (Å²) in [4.78, 5) is 12.0. The van der Waals surface area contributed by atoms with Crippen LogP contribution >= 0.6 is 0 Å². The van der Waals surface area contributed by atoms with Crippen molar-refractivity contribution < 1.29 is 14.6 Å². The van der Waals surface area contributed by atoms with Gasteiger partial charge in [0.05, 0.1) is 0 Å². The summed E-state index contributed by atoms with van der Waals surface area (Å²) in [5.41, 5.74) is 1.31. The molecule has 2 N–H and O–H groups in total. The number of aromatic hydroxyl groups is 1. The molecule has 2 unspecified atom stereocenters. The third-order valence-electron chi connectivity index (χ3n) is 3.21. The van der Waals surface area contributed by atoms with E-state index in [1.165, 1.54) is 0 Å². The first-order valence-corrected chi connectivity index (χ1v) is 5.80. The average molecular weight is 235 g/mol. The van der Waals surface area contributed by atoms with Crippen LogP contribution in [0.5, 0.6) is 5.75 Å². The van der Waals surface area contributed by atoms with E-state index in [9.17, 15) is 9.90 Å². The molecule has 4 heteroatoms. The monoisotopic (exact) mass is 235 g/mol. The van der Waals surface area contributed by atoms with Gasteiger partial charge < -0.3 is 15.2 Å². The van der Waals surface area contributed by atoms with Gasteiger partial charge in [-0.15, -0.1) is 0 Å². The van der Waals surface area contributed by atoms with E-state index in [-0.39, 0.29) is 23.7 Å². The van der Waals surface area contributed by atoms with Crippen molar-refractivity contribution in [2.75, 3.05) is 11.9 Å². The maximum atomic E-state index is 12.0. The van der Waals surface area contributed by atoms with Crippen molar-refractivity contribution in [3.8, 4) is 5.75 Å². The molecule has 0 aliphatic carbocycles. The maximum Gasteiger partial charge on any atom is 0.253 e. The highest BCUT2D eigenvalue weighted by molar-refractivity contribution is 5.95. The Labute approximate surface area is 101 Å². The molecule has 2 atom stereocenters. The van der Waals surface area contributed by atoms with Crippen LogP contribution in [0.3, 0.4) is 0 Å². The number of phenols is 1. The molecule has 1 aromatic rings. The van der Waals surface area contributed by atoms with E-state index in [1.807, 2.05) is 6.92 Å². The second-order valence-corrected chi connectivity index (χ2v) is 4.50. The van der Waals surface area contributed by atoms with Crippen LogP contribution in [0.1, 0.15) is 18.9 Å². The van der Waals surface area contributed by atoms with Crippen LogP contribution in [0.25, 0.3) is 0 Å². The van der Waals surface area contributed by atoms with E-state index < -0.39 is 0 Å². The largest absolute Gasteiger partial charge is 0.508 e. The molecule has 1 aliphatic heterocycles. The average Bonchev–Trinajstić information content (AvgIpc) is 2.71. The second-order valence-electron chi connectivity index (χ2n) is 4.50. The molecule has 0 saturated carbocycles. The highest BCUT2D eigenvalue weighted by Gasteiger charge is 2.31. The van der Waals surface area contributed by atoms with Crippen LogP contribution in [0.15, 0.2) is 18.2 Å². The Bertz CT molecular complexity index is 431. The van der Waals surface area contributed by atoms with Crippen molar-refractivity contribution in [3.05, 3.63) is 23.8 Å². The Kier molecular flexibility index (Phi) is 3.33. The smallest absolute Gasteiger partial charge is 0.253 e. The normalized spacial score (nSPS) is 23.6. The summed E-state index contributed by atoms with van der Waals surface area (Å²) in [6.07, 6.45) is 0.536. The molecule has 2 rings (SSSR count). The van der Waals surface area contributed by atoms with Gasteiger partial charge in [-0.3, -0.25) is 4.79 Å². The maximum absolute atomic E-state index is 12.0. The zero-order valence-corrected chi connectivity index (χ0v) is 10.1. The van der Waals surface area contributed by atoms with E-state index in [0.29, 0.717) is 17.9 Å². The first-order valence-electron chi connectivity index (χ1n) is 5.80. The number of carbonyl (C=O) groups is 1. The number of anilines is 1. The molecule has 0 radical (unpaired) electrons. The van der Waals surface area contributed by atoms with Gasteiger partial charge in [0.2, 0.25) is 0 Å². The first-order chi connectivity index (χ1) is 8.09. The minimum absolute atomic E-state index is 0.135. The predicted octanol–water partition coefficient (Wildman–Crippen LogP) is 2.06. The van der Waals surface area contributed by atoms with E-state index in [0.717, 1.165) is 6.42 Å². The topological polar surface area (TPSA) is 58.6 Å². The highest BCUT2D eigenvalue weighted by Crippen LogP contribution is 2.26. The molecule has 1 fully saturated rings. The summed E-state index contributed by atoms with van der Waals surface area (Å²) in [7, 11) is 0. The molecule has 92 valence electrons. The number of nitrogens with one attached hydrogen (secondary N) is 1. The van der Waals surface area contributed by atoms with E-state index in [2.05, 4.69) is 5.32 Å². The van der Waals surface area contributed by atoms with Crippen LogP contribution in [0.4, 0.5) is 5.69 Å². The highest BCUT2D eigenvalue weighted by atomic mass is 16.5. The third kappa shape index (κ3) is 2.42. The fourth-order valence-electron chi connectivity index (χ4n) is 1.99. The Hall–Kier alpha value is -1.55. The number of ether oxygens (including phenoxy) is 1. The summed E-state index contributed by atoms with van der Waals surface area (Å²) in [6.45, 7) is 4.41. The van der Waals surface area contributed by atoms with Crippen molar-refractivity contribution in [1.82, 2.24) is 0 Å². The molecule has 1 saturated heterocycles. The van der Waals surface area contributed by atoms with E-state index in [4.69, 9.17) is 4.74 Å². The molecule has 17 heavy (non-hydrogen) atoms. The van der Waals surface area contributed by atoms with Gasteiger partial charge in [0, 0.05) is 17.9 Å². The SMILES string of the molecule is Cc1c(O)cccc1NC(=O)C1OCCC1C. The van der Waals surface area contributed by atoms with Crippen molar-refractivity contribution >= 4 is 11.6 Å². The van der Waals surface area contributed by atoms with E-state index in [1.54, 1.807) is 25.1 Å². The van der Waals surface area contributed by atoms with Crippen molar-refractivity contribution in [2.45, 2.75) is 26.4 Å². The summed E-state index contributed by atoms with van der Waals surface area (Å²) in [6, 6.07) is 5.07. The Balaban J connectivity index is 2.10. The van der Waals surface area contributed by atoms with Gasteiger partial charge in [0.15, 0.2) is 0 Å². The number of amides is 1.